The van der Waals surface area contributed by atoms with Crippen molar-refractivity contribution in [1.82, 2.24) is 19.9 Å². The van der Waals surface area contributed by atoms with Crippen LogP contribution in [-0.2, 0) is 4.79 Å². The van der Waals surface area contributed by atoms with E-state index in [1.807, 2.05) is 18.2 Å². The number of carbonyl (C=O) groups excluding carboxylic acids is 1. The summed E-state index contributed by atoms with van der Waals surface area (Å²) in [5.74, 6) is 1.27. The summed E-state index contributed by atoms with van der Waals surface area (Å²) in [5, 5.41) is 3.11. The van der Waals surface area contributed by atoms with Crippen LogP contribution in [0.15, 0.2) is 36.7 Å². The Morgan fingerprint density at radius 1 is 1.30 bits per heavy atom. The summed E-state index contributed by atoms with van der Waals surface area (Å²) in [6, 6.07) is 7.66. The number of rotatable bonds is 5. The highest BCUT2D eigenvalue weighted by atomic mass is 16.1. The van der Waals surface area contributed by atoms with Gasteiger partial charge in [0.1, 0.15) is 5.82 Å². The number of carbonyl (C=O) groups is 1. The highest BCUT2D eigenvalue weighted by Gasteiger charge is 2.23. The lowest BCUT2D eigenvalue weighted by molar-refractivity contribution is -0.119. The van der Waals surface area contributed by atoms with E-state index in [1.165, 1.54) is 0 Å². The largest absolute Gasteiger partial charge is 0.369 e. The molecule has 120 valence electrons. The van der Waals surface area contributed by atoms with Crippen molar-refractivity contribution in [1.29, 1.82) is 0 Å². The zero-order valence-corrected chi connectivity index (χ0v) is 12.9. The molecule has 0 spiro atoms. The molecule has 0 unspecified atom stereocenters. The molecule has 3 rings (SSSR count). The Morgan fingerprint density at radius 2 is 2.13 bits per heavy atom. The standard InChI is InChI=1S/C16H20N6O/c17-14(23)11-22-9-2-4-12(10-22)13-5-1-6-15(20-13)21-16-18-7-3-8-19-16/h1,3,5-8,12H,2,4,9-11H2,(H2,17,23)(H,18,19,20,21)/t12-/m0/s1. The molecule has 0 aliphatic carbocycles. The van der Waals surface area contributed by atoms with E-state index in [9.17, 15) is 4.79 Å². The van der Waals surface area contributed by atoms with Crippen molar-refractivity contribution in [2.45, 2.75) is 18.8 Å². The molecular formula is C16H20N6O. The molecule has 0 bridgehead atoms. The van der Waals surface area contributed by atoms with Crippen molar-refractivity contribution in [2.75, 3.05) is 25.0 Å². The Bertz CT molecular complexity index is 663. The molecule has 0 radical (unpaired) electrons. The molecule has 3 N–H and O–H groups in total. The molecule has 1 saturated heterocycles. The van der Waals surface area contributed by atoms with E-state index in [0.717, 1.165) is 37.4 Å². The van der Waals surface area contributed by atoms with E-state index >= 15 is 0 Å². The van der Waals surface area contributed by atoms with E-state index in [2.05, 4.69) is 25.2 Å². The Hall–Kier alpha value is -2.54. The second kappa shape index (κ2) is 7.15. The van der Waals surface area contributed by atoms with Gasteiger partial charge in [0.15, 0.2) is 0 Å². The van der Waals surface area contributed by atoms with Crippen molar-refractivity contribution in [3.63, 3.8) is 0 Å². The lowest BCUT2D eigenvalue weighted by Crippen LogP contribution is -2.40. The lowest BCUT2D eigenvalue weighted by Gasteiger charge is -2.31. The van der Waals surface area contributed by atoms with Gasteiger partial charge in [-0.3, -0.25) is 9.69 Å². The number of aromatic nitrogens is 3. The van der Waals surface area contributed by atoms with Crippen molar-refractivity contribution in [2.24, 2.45) is 5.73 Å². The smallest absolute Gasteiger partial charge is 0.231 e. The molecule has 1 aliphatic rings. The highest BCUT2D eigenvalue weighted by molar-refractivity contribution is 5.75. The number of piperidine rings is 1. The fraction of sp³-hybridized carbons (Fsp3) is 0.375. The monoisotopic (exact) mass is 312 g/mol. The minimum atomic E-state index is -0.282. The first-order chi connectivity index (χ1) is 11.2. The quantitative estimate of drug-likeness (QED) is 0.863. The molecule has 7 nitrogen and oxygen atoms in total. The minimum absolute atomic E-state index is 0.282. The van der Waals surface area contributed by atoms with Gasteiger partial charge < -0.3 is 11.1 Å². The molecule has 1 fully saturated rings. The summed E-state index contributed by atoms with van der Waals surface area (Å²) in [7, 11) is 0. The third kappa shape index (κ3) is 4.23. The van der Waals surface area contributed by atoms with Crippen LogP contribution in [-0.4, -0.2) is 45.4 Å². The number of pyridine rings is 1. The Kier molecular flexibility index (Phi) is 4.77. The molecule has 1 aliphatic heterocycles. The zero-order chi connectivity index (χ0) is 16.1. The predicted octanol–water partition coefficient (Wildman–Crippen LogP) is 1.28. The number of hydrogen-bond acceptors (Lipinski definition) is 6. The van der Waals surface area contributed by atoms with Crippen molar-refractivity contribution in [3.8, 4) is 0 Å². The molecule has 1 amide bonds. The van der Waals surface area contributed by atoms with Crippen LogP contribution < -0.4 is 11.1 Å². The predicted molar refractivity (Wildman–Crippen MR) is 87.2 cm³/mol. The van der Waals surface area contributed by atoms with Gasteiger partial charge in [-0.05, 0) is 37.6 Å². The molecular weight excluding hydrogens is 292 g/mol. The molecule has 3 heterocycles. The van der Waals surface area contributed by atoms with Gasteiger partial charge in [0.25, 0.3) is 0 Å². The van der Waals surface area contributed by atoms with Gasteiger partial charge in [-0.25, -0.2) is 15.0 Å². The van der Waals surface area contributed by atoms with E-state index in [1.54, 1.807) is 18.5 Å². The first-order valence-electron chi connectivity index (χ1n) is 7.72. The molecule has 0 aromatic carbocycles. The lowest BCUT2D eigenvalue weighted by atomic mass is 9.94. The number of nitrogens with one attached hydrogen (secondary N) is 1. The fourth-order valence-corrected chi connectivity index (χ4v) is 2.89. The zero-order valence-electron chi connectivity index (χ0n) is 12.9. The van der Waals surface area contributed by atoms with E-state index in [-0.39, 0.29) is 5.91 Å². The SMILES string of the molecule is NC(=O)CN1CCC[C@H](c2cccc(Nc3ncccn3)n2)C1. The first-order valence-corrected chi connectivity index (χ1v) is 7.72. The van der Waals surface area contributed by atoms with Gasteiger partial charge in [0, 0.05) is 30.6 Å². The number of primary amides is 1. The molecule has 2 aromatic rings. The Balaban J connectivity index is 1.70. The summed E-state index contributed by atoms with van der Waals surface area (Å²) >= 11 is 0. The topological polar surface area (TPSA) is 97.0 Å². The second-order valence-corrected chi connectivity index (χ2v) is 5.69. The summed E-state index contributed by atoms with van der Waals surface area (Å²) in [4.78, 5) is 26.2. The van der Waals surface area contributed by atoms with Crippen molar-refractivity contribution < 1.29 is 4.79 Å². The van der Waals surface area contributed by atoms with Gasteiger partial charge in [-0.2, -0.15) is 0 Å². The minimum Gasteiger partial charge on any atom is -0.369 e. The van der Waals surface area contributed by atoms with Gasteiger partial charge in [-0.1, -0.05) is 6.07 Å². The van der Waals surface area contributed by atoms with Crippen LogP contribution in [0, 0.1) is 0 Å². The number of anilines is 2. The third-order valence-corrected chi connectivity index (χ3v) is 3.88. The van der Waals surface area contributed by atoms with Crippen LogP contribution >= 0.6 is 0 Å². The highest BCUT2D eigenvalue weighted by Crippen LogP contribution is 2.26. The van der Waals surface area contributed by atoms with Crippen LogP contribution in [0.1, 0.15) is 24.5 Å². The van der Waals surface area contributed by atoms with Crippen LogP contribution in [0.4, 0.5) is 11.8 Å². The number of amides is 1. The Morgan fingerprint density at radius 3 is 2.91 bits per heavy atom. The van der Waals surface area contributed by atoms with E-state index in [0.29, 0.717) is 18.4 Å². The van der Waals surface area contributed by atoms with Crippen molar-refractivity contribution >= 4 is 17.7 Å². The van der Waals surface area contributed by atoms with Crippen LogP contribution in [0.2, 0.25) is 0 Å². The number of likely N-dealkylation sites (tertiary alicyclic amines) is 1. The average molecular weight is 312 g/mol. The third-order valence-electron chi connectivity index (χ3n) is 3.88. The summed E-state index contributed by atoms with van der Waals surface area (Å²) in [6.45, 7) is 2.03. The number of nitrogens with two attached hydrogens (primary N) is 1. The molecule has 1 atom stereocenters. The van der Waals surface area contributed by atoms with E-state index in [4.69, 9.17) is 5.73 Å². The van der Waals surface area contributed by atoms with Gasteiger partial charge in [-0.15, -0.1) is 0 Å². The molecule has 2 aromatic heterocycles. The number of hydrogen-bond donors (Lipinski definition) is 2. The summed E-state index contributed by atoms with van der Waals surface area (Å²) < 4.78 is 0. The van der Waals surface area contributed by atoms with Crippen LogP contribution in [0.3, 0.4) is 0 Å². The molecule has 0 saturated carbocycles. The maximum Gasteiger partial charge on any atom is 0.231 e. The maximum absolute atomic E-state index is 11.1. The van der Waals surface area contributed by atoms with Gasteiger partial charge >= 0.3 is 0 Å². The van der Waals surface area contributed by atoms with Gasteiger partial charge in [0.2, 0.25) is 11.9 Å². The summed E-state index contributed by atoms with van der Waals surface area (Å²) in [6.07, 6.45) is 5.47. The molecule has 7 heteroatoms. The average Bonchev–Trinajstić information content (AvgIpc) is 2.56. The van der Waals surface area contributed by atoms with Crippen LogP contribution in [0.5, 0.6) is 0 Å². The van der Waals surface area contributed by atoms with Gasteiger partial charge in [0.05, 0.1) is 6.54 Å². The van der Waals surface area contributed by atoms with E-state index < -0.39 is 0 Å². The summed E-state index contributed by atoms with van der Waals surface area (Å²) in [5.41, 5.74) is 6.31. The van der Waals surface area contributed by atoms with Crippen LogP contribution in [0.25, 0.3) is 0 Å². The van der Waals surface area contributed by atoms with Crippen molar-refractivity contribution in [3.05, 3.63) is 42.4 Å². The molecule has 23 heavy (non-hydrogen) atoms. The second-order valence-electron chi connectivity index (χ2n) is 5.69. The fourth-order valence-electron chi connectivity index (χ4n) is 2.89. The first kappa shape index (κ1) is 15.4. The normalized spacial score (nSPS) is 18.5. The maximum atomic E-state index is 11.1. The number of nitrogens with zero attached hydrogens (tertiary/aromatic N) is 4. The Labute approximate surface area is 135 Å².